The number of nitrogens with zero attached hydrogens (tertiary/aromatic N) is 2. The van der Waals surface area contributed by atoms with E-state index in [0.29, 0.717) is 42.3 Å². The fraction of sp³-hybridized carbons (Fsp3) is 0.258. The Morgan fingerprint density at radius 3 is 2.67 bits per heavy atom. The molecule has 2 aliphatic heterocycles. The van der Waals surface area contributed by atoms with Gasteiger partial charge in [0.25, 0.3) is 11.7 Å². The summed E-state index contributed by atoms with van der Waals surface area (Å²) in [5.41, 5.74) is 2.82. The molecular formula is C31H30N2O6. The number of aliphatic hydroxyl groups excluding tert-OH is 1. The van der Waals surface area contributed by atoms with Gasteiger partial charge in [0.05, 0.1) is 18.2 Å². The lowest BCUT2D eigenvalue weighted by Crippen LogP contribution is -2.29. The first kappa shape index (κ1) is 26.0. The summed E-state index contributed by atoms with van der Waals surface area (Å²) >= 11 is 0. The summed E-state index contributed by atoms with van der Waals surface area (Å²) in [6.07, 6.45) is 5.62. The molecule has 1 fully saturated rings. The number of pyridine rings is 1. The Bertz CT molecular complexity index is 1450. The summed E-state index contributed by atoms with van der Waals surface area (Å²) in [5, 5.41) is 11.5. The summed E-state index contributed by atoms with van der Waals surface area (Å²) in [5.74, 6) is 0.0606. The molecule has 1 aromatic heterocycles. The van der Waals surface area contributed by atoms with Gasteiger partial charge < -0.3 is 24.2 Å². The van der Waals surface area contributed by atoms with E-state index in [4.69, 9.17) is 14.2 Å². The van der Waals surface area contributed by atoms with Crippen LogP contribution in [0.3, 0.4) is 0 Å². The zero-order valence-corrected chi connectivity index (χ0v) is 21.9. The van der Waals surface area contributed by atoms with Crippen LogP contribution in [0.15, 0.2) is 79.2 Å². The Morgan fingerprint density at radius 2 is 1.92 bits per heavy atom. The van der Waals surface area contributed by atoms with Crippen molar-refractivity contribution in [2.45, 2.75) is 39.0 Å². The van der Waals surface area contributed by atoms with Crippen molar-refractivity contribution in [1.29, 1.82) is 0 Å². The number of benzene rings is 2. The predicted octanol–water partition coefficient (Wildman–Crippen LogP) is 4.99. The Kier molecular flexibility index (Phi) is 7.36. The van der Waals surface area contributed by atoms with Crippen LogP contribution in [0.25, 0.3) is 5.76 Å². The van der Waals surface area contributed by atoms with E-state index in [0.717, 1.165) is 16.9 Å². The molecule has 0 aliphatic carbocycles. The standard InChI is InChI=1S/C31H30N2O6/c1-4-14-38-25-9-6-21(17-26(25)37-5-2)28-27(29(34)22-7-8-24-23(16-22)15-19(3)39-24)30(35)31(36)33(28)18-20-10-12-32-13-11-20/h4,6-13,16-17,19,28,34H,1,5,14-15,18H2,2-3H3/b29-27+/t19-,28+/m0/s1. The smallest absolute Gasteiger partial charge is 0.295 e. The Morgan fingerprint density at radius 1 is 1.13 bits per heavy atom. The molecule has 1 saturated heterocycles. The minimum absolute atomic E-state index is 0.0168. The highest BCUT2D eigenvalue weighted by Crippen LogP contribution is 2.43. The monoisotopic (exact) mass is 526 g/mol. The molecule has 5 rings (SSSR count). The Hall–Kier alpha value is -4.59. The van der Waals surface area contributed by atoms with Crippen LogP contribution in [0, 0.1) is 0 Å². The highest BCUT2D eigenvalue weighted by molar-refractivity contribution is 6.46. The van der Waals surface area contributed by atoms with Crippen molar-refractivity contribution in [3.8, 4) is 17.2 Å². The van der Waals surface area contributed by atoms with Crippen molar-refractivity contribution >= 4 is 17.4 Å². The van der Waals surface area contributed by atoms with Crippen molar-refractivity contribution in [1.82, 2.24) is 9.88 Å². The number of aliphatic hydroxyl groups is 1. The van der Waals surface area contributed by atoms with Gasteiger partial charge in [0.2, 0.25) is 0 Å². The van der Waals surface area contributed by atoms with Gasteiger partial charge in [0.1, 0.15) is 24.2 Å². The highest BCUT2D eigenvalue weighted by atomic mass is 16.5. The van der Waals surface area contributed by atoms with E-state index in [1.807, 2.05) is 19.9 Å². The molecular weight excluding hydrogens is 496 g/mol. The summed E-state index contributed by atoms with van der Waals surface area (Å²) in [4.78, 5) is 32.4. The summed E-state index contributed by atoms with van der Waals surface area (Å²) < 4.78 is 17.4. The molecule has 3 aromatic rings. The molecule has 2 aromatic carbocycles. The number of Topliss-reactive ketones (excluding diaryl/α,β-unsaturated/α-hetero) is 1. The van der Waals surface area contributed by atoms with Crippen LogP contribution in [0.2, 0.25) is 0 Å². The van der Waals surface area contributed by atoms with Gasteiger partial charge in [-0.3, -0.25) is 14.6 Å². The minimum atomic E-state index is -0.853. The lowest BCUT2D eigenvalue weighted by Gasteiger charge is -2.26. The number of ether oxygens (including phenoxy) is 3. The van der Waals surface area contributed by atoms with Crippen LogP contribution in [0.4, 0.5) is 0 Å². The second-order valence-electron chi connectivity index (χ2n) is 9.48. The van der Waals surface area contributed by atoms with Gasteiger partial charge in [-0.15, -0.1) is 0 Å². The third-order valence-corrected chi connectivity index (χ3v) is 6.75. The average Bonchev–Trinajstić information content (AvgIpc) is 3.43. The molecule has 0 radical (unpaired) electrons. The fourth-order valence-corrected chi connectivity index (χ4v) is 5.03. The molecule has 0 spiro atoms. The number of aromatic nitrogens is 1. The number of ketones is 1. The summed E-state index contributed by atoms with van der Waals surface area (Å²) in [6, 6.07) is 13.3. The first-order valence-electron chi connectivity index (χ1n) is 12.9. The van der Waals surface area contributed by atoms with Crippen LogP contribution in [-0.2, 0) is 22.6 Å². The SMILES string of the molecule is C=CCOc1ccc([C@@H]2/C(=C(\O)c3ccc4c(c3)C[C@H](C)O4)C(=O)C(=O)N2Cc2ccncc2)cc1OCC. The van der Waals surface area contributed by atoms with E-state index in [1.165, 1.54) is 4.90 Å². The number of fused-ring (bicyclic) bond motifs is 1. The number of carbonyl (C=O) groups is 2. The number of carbonyl (C=O) groups excluding carboxylic acids is 2. The maximum atomic E-state index is 13.5. The molecule has 0 unspecified atom stereocenters. The van der Waals surface area contributed by atoms with Gasteiger partial charge in [-0.05, 0) is 73.0 Å². The normalized spacial score (nSPS) is 19.5. The molecule has 8 nitrogen and oxygen atoms in total. The van der Waals surface area contributed by atoms with Gasteiger partial charge >= 0.3 is 0 Å². The number of hydrogen-bond donors (Lipinski definition) is 1. The third-order valence-electron chi connectivity index (χ3n) is 6.75. The minimum Gasteiger partial charge on any atom is -0.507 e. The van der Waals surface area contributed by atoms with E-state index in [-0.39, 0.29) is 24.0 Å². The zero-order valence-electron chi connectivity index (χ0n) is 21.9. The summed E-state index contributed by atoms with van der Waals surface area (Å²) in [7, 11) is 0. The zero-order chi connectivity index (χ0) is 27.5. The predicted molar refractivity (Wildman–Crippen MR) is 146 cm³/mol. The second kappa shape index (κ2) is 11.0. The fourth-order valence-electron chi connectivity index (χ4n) is 5.03. The number of rotatable bonds is 9. The van der Waals surface area contributed by atoms with Crippen LogP contribution in [0.5, 0.6) is 17.2 Å². The lowest BCUT2D eigenvalue weighted by atomic mass is 9.94. The van der Waals surface area contributed by atoms with Gasteiger partial charge in [-0.25, -0.2) is 0 Å². The van der Waals surface area contributed by atoms with Gasteiger partial charge in [0, 0.05) is 30.9 Å². The van der Waals surface area contributed by atoms with Crippen molar-refractivity contribution in [3.63, 3.8) is 0 Å². The highest BCUT2D eigenvalue weighted by Gasteiger charge is 2.46. The third kappa shape index (κ3) is 5.10. The molecule has 2 aliphatic rings. The molecule has 0 saturated carbocycles. The topological polar surface area (TPSA) is 98.2 Å². The number of likely N-dealkylation sites (tertiary alicyclic amines) is 1. The molecule has 3 heterocycles. The maximum Gasteiger partial charge on any atom is 0.295 e. The number of hydrogen-bond acceptors (Lipinski definition) is 7. The van der Waals surface area contributed by atoms with Crippen LogP contribution < -0.4 is 14.2 Å². The van der Waals surface area contributed by atoms with Crippen molar-refractivity contribution in [2.24, 2.45) is 0 Å². The number of amides is 1. The van der Waals surface area contributed by atoms with Crippen LogP contribution >= 0.6 is 0 Å². The Balaban J connectivity index is 1.64. The van der Waals surface area contributed by atoms with Crippen LogP contribution in [0.1, 0.15) is 42.1 Å². The van der Waals surface area contributed by atoms with Crippen molar-refractivity contribution in [2.75, 3.05) is 13.2 Å². The summed E-state index contributed by atoms with van der Waals surface area (Å²) in [6.45, 7) is 8.36. The largest absolute Gasteiger partial charge is 0.507 e. The van der Waals surface area contributed by atoms with Gasteiger partial charge in [-0.1, -0.05) is 18.7 Å². The van der Waals surface area contributed by atoms with Crippen LogP contribution in [-0.4, -0.2) is 46.0 Å². The van der Waals surface area contributed by atoms with Gasteiger partial charge in [0.15, 0.2) is 11.5 Å². The molecule has 0 bridgehead atoms. The molecule has 8 heteroatoms. The van der Waals surface area contributed by atoms with Gasteiger partial charge in [-0.2, -0.15) is 0 Å². The van der Waals surface area contributed by atoms with Crippen molar-refractivity contribution in [3.05, 3.63) is 101 Å². The van der Waals surface area contributed by atoms with E-state index < -0.39 is 17.7 Å². The van der Waals surface area contributed by atoms with E-state index >= 15 is 0 Å². The first-order valence-corrected chi connectivity index (χ1v) is 12.9. The average molecular weight is 527 g/mol. The van der Waals surface area contributed by atoms with E-state index in [2.05, 4.69) is 11.6 Å². The molecule has 200 valence electrons. The lowest BCUT2D eigenvalue weighted by molar-refractivity contribution is -0.140. The molecule has 2 atom stereocenters. The van der Waals surface area contributed by atoms with E-state index in [9.17, 15) is 14.7 Å². The first-order chi connectivity index (χ1) is 18.9. The molecule has 1 N–H and O–H groups in total. The molecule has 1 amide bonds. The Labute approximate surface area is 227 Å². The second-order valence-corrected chi connectivity index (χ2v) is 9.48. The quantitative estimate of drug-likeness (QED) is 0.182. The molecule has 39 heavy (non-hydrogen) atoms. The van der Waals surface area contributed by atoms with Crippen molar-refractivity contribution < 1.29 is 28.9 Å². The van der Waals surface area contributed by atoms with E-state index in [1.54, 1.807) is 60.9 Å². The maximum absolute atomic E-state index is 13.5.